The van der Waals surface area contributed by atoms with Crippen molar-refractivity contribution in [2.75, 3.05) is 38.2 Å². The molecule has 2 aromatic heterocycles. The van der Waals surface area contributed by atoms with Gasteiger partial charge in [-0.2, -0.15) is 5.26 Å². The fraction of sp³-hybridized carbons (Fsp3) is 0.321. The Morgan fingerprint density at radius 3 is 2.69 bits per heavy atom. The molecule has 7 heteroatoms. The third-order valence-electron chi connectivity index (χ3n) is 7.21. The first kappa shape index (κ1) is 21.6. The number of anilines is 1. The monoisotopic (exact) mass is 464 g/mol. The van der Waals surface area contributed by atoms with E-state index in [1.807, 2.05) is 36.8 Å². The molecule has 2 aliphatic heterocycles. The number of nitriles is 1. The van der Waals surface area contributed by atoms with Crippen LogP contribution >= 0.6 is 0 Å². The number of hydrogen-bond donors (Lipinski definition) is 1. The lowest BCUT2D eigenvalue weighted by Crippen LogP contribution is -2.29. The van der Waals surface area contributed by atoms with Crippen LogP contribution in [0.1, 0.15) is 18.4 Å². The highest BCUT2D eigenvalue weighted by Gasteiger charge is 2.22. The van der Waals surface area contributed by atoms with Crippen molar-refractivity contribution < 1.29 is 4.74 Å². The Balaban J connectivity index is 1.49. The highest BCUT2D eigenvalue weighted by molar-refractivity contribution is 5.99. The Kier molecular flexibility index (Phi) is 5.59. The van der Waals surface area contributed by atoms with Crippen LogP contribution in [0.3, 0.4) is 0 Å². The van der Waals surface area contributed by atoms with Crippen LogP contribution in [0.2, 0.25) is 0 Å². The minimum atomic E-state index is 0.636. The van der Waals surface area contributed by atoms with Crippen LogP contribution in [0.25, 0.3) is 33.4 Å². The molecule has 0 amide bonds. The first-order valence-corrected chi connectivity index (χ1v) is 12.2. The number of likely N-dealkylation sites (N-methyl/N-ethyl adjacent to an activating group) is 1. The number of nitrogens with zero attached hydrogens (tertiary/aromatic N) is 5. The van der Waals surface area contributed by atoms with Crippen molar-refractivity contribution in [3.8, 4) is 34.2 Å². The summed E-state index contributed by atoms with van der Waals surface area (Å²) in [7, 11) is 2.09. The average molecular weight is 465 g/mol. The molecule has 0 aliphatic carbocycles. The van der Waals surface area contributed by atoms with Crippen molar-refractivity contribution in [3.05, 3.63) is 60.6 Å². The van der Waals surface area contributed by atoms with Gasteiger partial charge in [0, 0.05) is 24.7 Å². The molecular formula is C28H28N6O. The molecule has 35 heavy (non-hydrogen) atoms. The maximum absolute atomic E-state index is 9.30. The predicted octanol–water partition coefficient (Wildman–Crippen LogP) is 4.47. The standard InChI is InChI=1S/C28H28N6O/c1-33-12-13-35-25-14-22(6-7-23(25)33)27-26(21-4-2-19(15-29)3-5-21)28-24(16-31-27)34(18-32-28)17-20-8-10-30-11-9-20/h2-7,14,16,18,20,30H,8-13,17H2,1H3. The maximum Gasteiger partial charge on any atom is 0.143 e. The van der Waals surface area contributed by atoms with E-state index in [1.54, 1.807) is 0 Å². The van der Waals surface area contributed by atoms with Crippen LogP contribution in [-0.4, -0.2) is 47.8 Å². The van der Waals surface area contributed by atoms with E-state index < -0.39 is 0 Å². The van der Waals surface area contributed by atoms with E-state index in [0.717, 1.165) is 71.0 Å². The number of rotatable bonds is 4. The van der Waals surface area contributed by atoms with Gasteiger partial charge in [0.05, 0.1) is 47.6 Å². The third kappa shape index (κ3) is 4.00. The van der Waals surface area contributed by atoms with Gasteiger partial charge in [-0.3, -0.25) is 4.98 Å². The molecule has 0 saturated carbocycles. The molecule has 0 atom stereocenters. The van der Waals surface area contributed by atoms with Gasteiger partial charge in [0.2, 0.25) is 0 Å². The van der Waals surface area contributed by atoms with E-state index >= 15 is 0 Å². The van der Waals surface area contributed by atoms with Crippen LogP contribution in [0, 0.1) is 17.2 Å². The smallest absolute Gasteiger partial charge is 0.143 e. The van der Waals surface area contributed by atoms with Crippen molar-refractivity contribution in [3.63, 3.8) is 0 Å². The van der Waals surface area contributed by atoms with Gasteiger partial charge >= 0.3 is 0 Å². The molecule has 1 fully saturated rings. The first-order valence-electron chi connectivity index (χ1n) is 12.2. The molecule has 2 aromatic carbocycles. The molecule has 0 unspecified atom stereocenters. The second-order valence-electron chi connectivity index (χ2n) is 9.45. The van der Waals surface area contributed by atoms with Gasteiger partial charge in [-0.05, 0) is 61.7 Å². The molecule has 0 radical (unpaired) electrons. The van der Waals surface area contributed by atoms with E-state index in [4.69, 9.17) is 14.7 Å². The number of imidazole rings is 1. The fourth-order valence-corrected chi connectivity index (χ4v) is 5.22. The largest absolute Gasteiger partial charge is 0.490 e. The Hall–Kier alpha value is -3.89. The number of fused-ring (bicyclic) bond motifs is 2. The predicted molar refractivity (Wildman–Crippen MR) is 137 cm³/mol. The van der Waals surface area contributed by atoms with Crippen molar-refractivity contribution in [2.24, 2.45) is 5.92 Å². The summed E-state index contributed by atoms with van der Waals surface area (Å²) in [5, 5.41) is 12.7. The number of hydrogen-bond acceptors (Lipinski definition) is 6. The summed E-state index contributed by atoms with van der Waals surface area (Å²) in [6.45, 7) is 4.65. The second kappa shape index (κ2) is 9.05. The van der Waals surface area contributed by atoms with E-state index in [2.05, 4.69) is 46.1 Å². The first-order chi connectivity index (χ1) is 17.2. The highest BCUT2D eigenvalue weighted by atomic mass is 16.5. The number of nitrogens with one attached hydrogen (secondary N) is 1. The summed E-state index contributed by atoms with van der Waals surface area (Å²) >= 11 is 0. The van der Waals surface area contributed by atoms with Crippen molar-refractivity contribution in [1.82, 2.24) is 19.9 Å². The zero-order valence-corrected chi connectivity index (χ0v) is 19.9. The number of piperidine rings is 1. The van der Waals surface area contributed by atoms with Gasteiger partial charge in [0.1, 0.15) is 17.9 Å². The average Bonchev–Trinajstić information content (AvgIpc) is 3.31. The summed E-state index contributed by atoms with van der Waals surface area (Å²) in [6.07, 6.45) is 6.27. The highest BCUT2D eigenvalue weighted by Crippen LogP contribution is 2.40. The Bertz CT molecular complexity index is 1410. The molecule has 2 aliphatic rings. The van der Waals surface area contributed by atoms with E-state index in [9.17, 15) is 5.26 Å². The molecule has 0 bridgehead atoms. The molecule has 6 rings (SSSR count). The van der Waals surface area contributed by atoms with Gasteiger partial charge in [0.15, 0.2) is 0 Å². The lowest BCUT2D eigenvalue weighted by atomic mass is 9.96. The molecule has 0 spiro atoms. The van der Waals surface area contributed by atoms with E-state index in [1.165, 1.54) is 12.8 Å². The zero-order chi connectivity index (χ0) is 23.8. The van der Waals surface area contributed by atoms with Crippen LogP contribution in [0.5, 0.6) is 5.75 Å². The van der Waals surface area contributed by atoms with Crippen LogP contribution in [0.4, 0.5) is 5.69 Å². The summed E-state index contributed by atoms with van der Waals surface area (Å²) in [4.78, 5) is 12.1. The van der Waals surface area contributed by atoms with Gasteiger partial charge in [0.25, 0.3) is 0 Å². The Morgan fingerprint density at radius 2 is 1.89 bits per heavy atom. The number of aromatic nitrogens is 3. The zero-order valence-electron chi connectivity index (χ0n) is 19.9. The Morgan fingerprint density at radius 1 is 1.09 bits per heavy atom. The van der Waals surface area contributed by atoms with E-state index in [0.29, 0.717) is 18.1 Å². The third-order valence-corrected chi connectivity index (χ3v) is 7.21. The van der Waals surface area contributed by atoms with Crippen LogP contribution < -0.4 is 15.0 Å². The van der Waals surface area contributed by atoms with Crippen LogP contribution in [-0.2, 0) is 6.54 Å². The maximum atomic E-state index is 9.30. The summed E-state index contributed by atoms with van der Waals surface area (Å²) < 4.78 is 8.23. The second-order valence-corrected chi connectivity index (χ2v) is 9.45. The Labute approximate surface area is 205 Å². The minimum absolute atomic E-state index is 0.636. The normalized spacial score (nSPS) is 16.1. The molecule has 7 nitrogen and oxygen atoms in total. The summed E-state index contributed by atoms with van der Waals surface area (Å²) in [5.41, 5.74) is 7.55. The lowest BCUT2D eigenvalue weighted by molar-refractivity contribution is 0.311. The molecule has 1 N–H and O–H groups in total. The quantitative estimate of drug-likeness (QED) is 0.480. The van der Waals surface area contributed by atoms with Gasteiger partial charge in [-0.25, -0.2) is 4.98 Å². The minimum Gasteiger partial charge on any atom is -0.490 e. The summed E-state index contributed by atoms with van der Waals surface area (Å²) in [5.74, 6) is 1.52. The number of ether oxygens (including phenoxy) is 1. The molecular weight excluding hydrogens is 436 g/mol. The lowest BCUT2D eigenvalue weighted by Gasteiger charge is -2.28. The molecule has 4 heterocycles. The number of benzene rings is 2. The molecule has 4 aromatic rings. The fourth-order valence-electron chi connectivity index (χ4n) is 5.22. The van der Waals surface area contributed by atoms with Crippen molar-refractivity contribution >= 4 is 16.7 Å². The van der Waals surface area contributed by atoms with Gasteiger partial charge < -0.3 is 19.5 Å². The van der Waals surface area contributed by atoms with Gasteiger partial charge in [-0.15, -0.1) is 0 Å². The van der Waals surface area contributed by atoms with Gasteiger partial charge in [-0.1, -0.05) is 18.2 Å². The molecule has 176 valence electrons. The SMILES string of the molecule is CN1CCOc2cc(-c3ncc4c(ncn4CC4CCNCC4)c3-c3ccc(C#N)cc3)ccc21. The van der Waals surface area contributed by atoms with Crippen molar-refractivity contribution in [1.29, 1.82) is 5.26 Å². The summed E-state index contributed by atoms with van der Waals surface area (Å²) in [6, 6.07) is 16.2. The van der Waals surface area contributed by atoms with Crippen molar-refractivity contribution in [2.45, 2.75) is 19.4 Å². The number of pyridine rings is 1. The topological polar surface area (TPSA) is 79.0 Å². The van der Waals surface area contributed by atoms with Crippen LogP contribution in [0.15, 0.2) is 55.0 Å². The molecule has 1 saturated heterocycles. The van der Waals surface area contributed by atoms with E-state index in [-0.39, 0.29) is 0 Å².